The number of rotatable bonds is 7. The topological polar surface area (TPSA) is 47.0 Å². The minimum atomic E-state index is -0.230. The van der Waals surface area contributed by atoms with E-state index in [2.05, 4.69) is 16.8 Å². The lowest BCUT2D eigenvalue weighted by atomic mass is 9.96. The quantitative estimate of drug-likeness (QED) is 0.739. The van der Waals surface area contributed by atoms with Gasteiger partial charge in [0, 0.05) is 40.2 Å². The number of aliphatic hydroxyl groups is 1. The van der Waals surface area contributed by atoms with Crippen LogP contribution in [-0.2, 0) is 4.79 Å². The molecule has 1 fully saturated rings. The molecule has 0 aromatic carbocycles. The Morgan fingerprint density at radius 2 is 1.90 bits per heavy atom. The molecule has 0 aromatic rings. The molecule has 1 aliphatic rings. The third-order valence-corrected chi connectivity index (χ3v) is 4.01. The first-order valence-corrected chi connectivity index (χ1v) is 7.67. The molecule has 1 aliphatic heterocycles. The van der Waals surface area contributed by atoms with Crippen LogP contribution in [0.2, 0.25) is 0 Å². The molecule has 0 aromatic heterocycles. The maximum atomic E-state index is 11.6. The van der Waals surface area contributed by atoms with Gasteiger partial charge in [-0.1, -0.05) is 0 Å². The molecule has 5 heteroatoms. The smallest absolute Gasteiger partial charge is 0.223 e. The van der Waals surface area contributed by atoms with E-state index in [0.29, 0.717) is 6.42 Å². The Balaban J connectivity index is 2.18. The van der Waals surface area contributed by atoms with Gasteiger partial charge in [-0.3, -0.25) is 4.79 Å². The van der Waals surface area contributed by atoms with E-state index in [1.165, 1.54) is 12.8 Å². The second-order valence-corrected chi connectivity index (χ2v) is 6.39. The highest BCUT2D eigenvalue weighted by molar-refractivity contribution is 5.75. The maximum absolute atomic E-state index is 11.6. The molecule has 1 amide bonds. The Hall–Kier alpha value is -0.650. The van der Waals surface area contributed by atoms with E-state index in [0.717, 1.165) is 38.6 Å². The number of likely N-dealkylation sites (tertiary alicyclic amines) is 1. The Bertz CT molecular complexity index is 287. The van der Waals surface area contributed by atoms with Crippen molar-refractivity contribution in [2.75, 3.05) is 53.9 Å². The monoisotopic (exact) mass is 285 g/mol. The van der Waals surface area contributed by atoms with E-state index in [9.17, 15) is 9.90 Å². The molecule has 1 heterocycles. The minimum Gasteiger partial charge on any atom is -0.392 e. The number of piperidine rings is 1. The summed E-state index contributed by atoms with van der Waals surface area (Å²) in [4.78, 5) is 17.8. The number of aliphatic hydroxyl groups excluding tert-OH is 1. The van der Waals surface area contributed by atoms with Crippen LogP contribution in [0.15, 0.2) is 0 Å². The fourth-order valence-electron chi connectivity index (χ4n) is 2.77. The zero-order chi connectivity index (χ0) is 15.1. The molecular formula is C15H31N3O2. The average Bonchev–Trinajstić information content (AvgIpc) is 2.37. The van der Waals surface area contributed by atoms with Crippen molar-refractivity contribution in [1.82, 2.24) is 14.7 Å². The third-order valence-electron chi connectivity index (χ3n) is 4.01. The summed E-state index contributed by atoms with van der Waals surface area (Å²) in [5, 5.41) is 9.40. The van der Waals surface area contributed by atoms with Crippen LogP contribution in [0.4, 0.5) is 0 Å². The van der Waals surface area contributed by atoms with Crippen LogP contribution in [0.5, 0.6) is 0 Å². The number of β-amino-alcohol motifs (C(OH)–C–C–N with tert-alkyl or cyclic N) is 1. The molecule has 0 radical (unpaired) electrons. The second-order valence-electron chi connectivity index (χ2n) is 6.39. The predicted octanol–water partition coefficient (Wildman–Crippen LogP) is 0.489. The van der Waals surface area contributed by atoms with Gasteiger partial charge in [0.05, 0.1) is 6.10 Å². The van der Waals surface area contributed by atoms with Gasteiger partial charge in [-0.05, 0) is 45.8 Å². The molecule has 0 unspecified atom stereocenters. The average molecular weight is 285 g/mol. The first kappa shape index (κ1) is 17.4. The van der Waals surface area contributed by atoms with E-state index in [1.54, 1.807) is 19.0 Å². The Kier molecular flexibility index (Phi) is 7.48. The molecule has 0 saturated carbocycles. The van der Waals surface area contributed by atoms with Crippen molar-refractivity contribution in [2.24, 2.45) is 5.92 Å². The molecule has 5 nitrogen and oxygen atoms in total. The van der Waals surface area contributed by atoms with Gasteiger partial charge in [0.25, 0.3) is 0 Å². The normalized spacial score (nSPS) is 19.3. The summed E-state index contributed by atoms with van der Waals surface area (Å²) in [5.74, 6) is 0.920. The largest absolute Gasteiger partial charge is 0.392 e. The molecule has 1 rings (SSSR count). The van der Waals surface area contributed by atoms with Gasteiger partial charge >= 0.3 is 0 Å². The van der Waals surface area contributed by atoms with Gasteiger partial charge in [0.1, 0.15) is 0 Å². The lowest BCUT2D eigenvalue weighted by Crippen LogP contribution is -2.41. The number of carbonyl (C=O) groups is 1. The number of hydrogen-bond acceptors (Lipinski definition) is 4. The Morgan fingerprint density at radius 3 is 2.40 bits per heavy atom. The van der Waals surface area contributed by atoms with E-state index in [-0.39, 0.29) is 12.0 Å². The van der Waals surface area contributed by atoms with Gasteiger partial charge in [-0.15, -0.1) is 0 Å². The molecule has 0 bridgehead atoms. The van der Waals surface area contributed by atoms with Crippen molar-refractivity contribution >= 4 is 5.91 Å². The summed E-state index contributed by atoms with van der Waals surface area (Å²) in [7, 11) is 5.71. The SMILES string of the molecule is C[C@@H](O)CN1CCC(CN(C)CCC(=O)N(C)C)CC1. The summed E-state index contributed by atoms with van der Waals surface area (Å²) < 4.78 is 0. The van der Waals surface area contributed by atoms with E-state index in [4.69, 9.17) is 0 Å². The highest BCUT2D eigenvalue weighted by Gasteiger charge is 2.21. The van der Waals surface area contributed by atoms with Crippen molar-refractivity contribution in [3.8, 4) is 0 Å². The summed E-state index contributed by atoms with van der Waals surface area (Å²) >= 11 is 0. The van der Waals surface area contributed by atoms with Gasteiger partial charge in [0.15, 0.2) is 0 Å². The van der Waals surface area contributed by atoms with Crippen molar-refractivity contribution in [3.05, 3.63) is 0 Å². The minimum absolute atomic E-state index is 0.198. The van der Waals surface area contributed by atoms with Crippen LogP contribution < -0.4 is 0 Å². The summed E-state index contributed by atoms with van der Waals surface area (Å²) in [6.07, 6.45) is 2.76. The Labute approximate surface area is 123 Å². The van der Waals surface area contributed by atoms with Gasteiger partial charge in [-0.2, -0.15) is 0 Å². The molecule has 1 atom stereocenters. The molecule has 0 aliphatic carbocycles. The first-order valence-electron chi connectivity index (χ1n) is 7.67. The van der Waals surface area contributed by atoms with Crippen LogP contribution in [0, 0.1) is 5.92 Å². The zero-order valence-corrected chi connectivity index (χ0v) is 13.5. The second kappa shape index (κ2) is 8.60. The van der Waals surface area contributed by atoms with E-state index < -0.39 is 0 Å². The molecular weight excluding hydrogens is 254 g/mol. The zero-order valence-electron chi connectivity index (χ0n) is 13.5. The fraction of sp³-hybridized carbons (Fsp3) is 0.933. The number of nitrogens with zero attached hydrogens (tertiary/aromatic N) is 3. The maximum Gasteiger partial charge on any atom is 0.223 e. The van der Waals surface area contributed by atoms with Crippen molar-refractivity contribution in [1.29, 1.82) is 0 Å². The van der Waals surface area contributed by atoms with E-state index in [1.807, 2.05) is 6.92 Å². The number of carbonyl (C=O) groups excluding carboxylic acids is 1. The summed E-state index contributed by atoms with van der Waals surface area (Å²) in [6, 6.07) is 0. The van der Waals surface area contributed by atoms with Crippen molar-refractivity contribution in [3.63, 3.8) is 0 Å². The molecule has 20 heavy (non-hydrogen) atoms. The van der Waals surface area contributed by atoms with E-state index >= 15 is 0 Å². The number of amides is 1. The Morgan fingerprint density at radius 1 is 1.30 bits per heavy atom. The fourth-order valence-corrected chi connectivity index (χ4v) is 2.77. The standard InChI is InChI=1S/C15H31N3O2/c1-13(19)11-18-9-5-14(6-10-18)12-17(4)8-7-15(20)16(2)3/h13-14,19H,5-12H2,1-4H3/t13-/m1/s1. The van der Waals surface area contributed by atoms with Gasteiger partial charge in [0.2, 0.25) is 5.91 Å². The first-order chi connectivity index (χ1) is 9.38. The lowest BCUT2D eigenvalue weighted by molar-refractivity contribution is -0.129. The number of hydrogen-bond donors (Lipinski definition) is 1. The van der Waals surface area contributed by atoms with Crippen LogP contribution >= 0.6 is 0 Å². The predicted molar refractivity (Wildman–Crippen MR) is 81.7 cm³/mol. The highest BCUT2D eigenvalue weighted by Crippen LogP contribution is 2.18. The summed E-state index contributed by atoms with van der Waals surface area (Å²) in [5.41, 5.74) is 0. The lowest BCUT2D eigenvalue weighted by Gasteiger charge is -2.34. The molecule has 1 saturated heterocycles. The van der Waals surface area contributed by atoms with Crippen LogP contribution in [0.25, 0.3) is 0 Å². The van der Waals surface area contributed by atoms with Crippen LogP contribution in [0.1, 0.15) is 26.2 Å². The van der Waals surface area contributed by atoms with Gasteiger partial charge < -0.3 is 19.8 Å². The molecule has 0 spiro atoms. The van der Waals surface area contributed by atoms with Crippen LogP contribution in [0.3, 0.4) is 0 Å². The third kappa shape index (κ3) is 6.68. The van der Waals surface area contributed by atoms with Gasteiger partial charge in [-0.25, -0.2) is 0 Å². The van der Waals surface area contributed by atoms with Crippen LogP contribution in [-0.4, -0.2) is 85.7 Å². The molecule has 1 N–H and O–H groups in total. The summed E-state index contributed by atoms with van der Waals surface area (Å²) in [6.45, 7) is 6.72. The highest BCUT2D eigenvalue weighted by atomic mass is 16.3. The molecule has 118 valence electrons. The van der Waals surface area contributed by atoms with Crippen molar-refractivity contribution in [2.45, 2.75) is 32.3 Å². The van der Waals surface area contributed by atoms with Crippen molar-refractivity contribution < 1.29 is 9.90 Å².